The molecule has 1 aromatic rings. The number of aliphatic hydroxyl groups excluding tert-OH is 1. The normalized spacial score (nSPS) is 13.9. The third-order valence-electron chi connectivity index (χ3n) is 2.20. The largest absolute Gasteiger partial charge is 0.377 e. The van der Waals surface area contributed by atoms with Crippen molar-refractivity contribution in [3.63, 3.8) is 0 Å². The Labute approximate surface area is 108 Å². The zero-order valence-electron chi connectivity index (χ0n) is 10.7. The van der Waals surface area contributed by atoms with Crippen LogP contribution in [0.1, 0.15) is 19.4 Å². The van der Waals surface area contributed by atoms with Gasteiger partial charge in [-0.05, 0) is 25.5 Å². The topological polar surface area (TPSA) is 55.8 Å². The van der Waals surface area contributed by atoms with Crippen molar-refractivity contribution in [1.29, 1.82) is 0 Å². The van der Waals surface area contributed by atoms with Crippen LogP contribution in [-0.4, -0.2) is 24.2 Å². The molecule has 0 aliphatic rings. The first kappa shape index (κ1) is 15.1. The number of benzene rings is 1. The van der Waals surface area contributed by atoms with E-state index in [-0.39, 0.29) is 13.2 Å². The highest BCUT2D eigenvalue weighted by atomic mass is 31.2. The molecule has 1 unspecified atom stereocenters. The summed E-state index contributed by atoms with van der Waals surface area (Å²) >= 11 is 0. The van der Waals surface area contributed by atoms with Gasteiger partial charge in [0.2, 0.25) is 0 Å². The molecule has 0 spiro atoms. The molecule has 0 fully saturated rings. The van der Waals surface area contributed by atoms with E-state index in [9.17, 15) is 9.67 Å². The fraction of sp³-hybridized carbons (Fsp3) is 0.385. The first-order chi connectivity index (χ1) is 8.62. The van der Waals surface area contributed by atoms with E-state index in [1.54, 1.807) is 19.9 Å². The van der Waals surface area contributed by atoms with Gasteiger partial charge in [0.25, 0.3) is 0 Å². The van der Waals surface area contributed by atoms with Gasteiger partial charge in [0, 0.05) is 0 Å². The molecular formula is C13H19O4P. The Balaban J connectivity index is 2.76. The van der Waals surface area contributed by atoms with Gasteiger partial charge in [0.1, 0.15) is 0 Å². The molecule has 0 amide bonds. The zero-order chi connectivity index (χ0) is 13.4. The second-order valence-electron chi connectivity index (χ2n) is 3.56. The van der Waals surface area contributed by atoms with Crippen LogP contribution >= 0.6 is 7.60 Å². The van der Waals surface area contributed by atoms with Crippen LogP contribution in [0.2, 0.25) is 0 Å². The summed E-state index contributed by atoms with van der Waals surface area (Å²) in [4.78, 5) is 0. The van der Waals surface area contributed by atoms with Crippen molar-refractivity contribution in [2.45, 2.75) is 19.7 Å². The van der Waals surface area contributed by atoms with Crippen LogP contribution in [0.4, 0.5) is 0 Å². The van der Waals surface area contributed by atoms with Crippen molar-refractivity contribution in [1.82, 2.24) is 0 Å². The molecule has 1 N–H and O–H groups in total. The molecule has 0 bridgehead atoms. The lowest BCUT2D eigenvalue weighted by Gasteiger charge is -2.19. The Kier molecular flexibility index (Phi) is 6.30. The predicted molar refractivity (Wildman–Crippen MR) is 72.3 cm³/mol. The molecular weight excluding hydrogens is 251 g/mol. The lowest BCUT2D eigenvalue weighted by atomic mass is 10.2. The van der Waals surface area contributed by atoms with Crippen LogP contribution < -0.4 is 0 Å². The van der Waals surface area contributed by atoms with Crippen LogP contribution in [0.5, 0.6) is 0 Å². The minimum atomic E-state index is -3.48. The smallest absolute Gasteiger partial charge is 0.362 e. The molecule has 0 aliphatic heterocycles. The van der Waals surface area contributed by atoms with Crippen molar-refractivity contribution < 1.29 is 18.7 Å². The molecule has 0 radical (unpaired) electrons. The molecule has 1 rings (SSSR count). The van der Waals surface area contributed by atoms with E-state index < -0.39 is 13.4 Å². The number of hydrogen-bond acceptors (Lipinski definition) is 4. The van der Waals surface area contributed by atoms with Gasteiger partial charge in [-0.15, -0.1) is 0 Å². The maximum atomic E-state index is 12.2. The van der Waals surface area contributed by atoms with Gasteiger partial charge in [-0.25, -0.2) is 0 Å². The molecule has 1 aromatic carbocycles. The minimum absolute atomic E-state index is 0.230. The maximum absolute atomic E-state index is 12.2. The van der Waals surface area contributed by atoms with Crippen LogP contribution in [0, 0.1) is 0 Å². The lowest BCUT2D eigenvalue weighted by molar-refractivity contribution is 0.169. The Bertz CT molecular complexity index is 406. The monoisotopic (exact) mass is 270 g/mol. The molecule has 0 saturated heterocycles. The van der Waals surface area contributed by atoms with E-state index in [1.807, 2.05) is 30.3 Å². The minimum Gasteiger partial charge on any atom is -0.377 e. The van der Waals surface area contributed by atoms with E-state index in [1.165, 1.54) is 6.08 Å². The fourth-order valence-electron chi connectivity index (χ4n) is 1.42. The summed E-state index contributed by atoms with van der Waals surface area (Å²) in [5.41, 5.74) is 0.913. The summed E-state index contributed by atoms with van der Waals surface area (Å²) in [6, 6.07) is 9.44. The van der Waals surface area contributed by atoms with Gasteiger partial charge in [-0.1, -0.05) is 36.4 Å². The molecule has 0 saturated carbocycles. The first-order valence-electron chi connectivity index (χ1n) is 5.92. The van der Waals surface area contributed by atoms with Gasteiger partial charge >= 0.3 is 7.60 Å². The SMILES string of the molecule is CCOP(=O)(OCC)C(O)/C=C/c1ccccc1. The summed E-state index contributed by atoms with van der Waals surface area (Å²) in [5, 5.41) is 9.89. The van der Waals surface area contributed by atoms with Crippen molar-refractivity contribution in [2.24, 2.45) is 0 Å². The Morgan fingerprint density at radius 3 is 2.28 bits per heavy atom. The third kappa shape index (κ3) is 4.39. The van der Waals surface area contributed by atoms with Crippen molar-refractivity contribution in [3.05, 3.63) is 42.0 Å². The van der Waals surface area contributed by atoms with Gasteiger partial charge in [0.15, 0.2) is 5.85 Å². The fourth-order valence-corrected chi connectivity index (χ4v) is 2.81. The molecule has 0 heterocycles. The van der Waals surface area contributed by atoms with Gasteiger partial charge < -0.3 is 14.2 Å². The first-order valence-corrected chi connectivity index (χ1v) is 7.53. The molecule has 0 aliphatic carbocycles. The molecule has 100 valence electrons. The summed E-state index contributed by atoms with van der Waals surface area (Å²) in [6.07, 6.45) is 3.12. The van der Waals surface area contributed by atoms with Gasteiger partial charge in [-0.2, -0.15) is 0 Å². The molecule has 0 aromatic heterocycles. The van der Waals surface area contributed by atoms with E-state index in [0.717, 1.165) is 5.56 Å². The van der Waals surface area contributed by atoms with Crippen molar-refractivity contribution in [2.75, 3.05) is 13.2 Å². The predicted octanol–water partition coefficient (Wildman–Crippen LogP) is 3.28. The highest BCUT2D eigenvalue weighted by molar-refractivity contribution is 7.54. The Morgan fingerprint density at radius 2 is 1.78 bits per heavy atom. The van der Waals surface area contributed by atoms with E-state index in [4.69, 9.17) is 9.05 Å². The maximum Gasteiger partial charge on any atom is 0.362 e. The number of aliphatic hydroxyl groups is 1. The Hall–Kier alpha value is -0.930. The average Bonchev–Trinajstić information content (AvgIpc) is 2.37. The van der Waals surface area contributed by atoms with E-state index in [0.29, 0.717) is 0 Å². The highest BCUT2D eigenvalue weighted by Gasteiger charge is 2.31. The van der Waals surface area contributed by atoms with Crippen LogP contribution in [0.3, 0.4) is 0 Å². The van der Waals surface area contributed by atoms with Crippen LogP contribution in [0.15, 0.2) is 36.4 Å². The summed E-state index contributed by atoms with van der Waals surface area (Å²) < 4.78 is 22.3. The van der Waals surface area contributed by atoms with Crippen LogP contribution in [-0.2, 0) is 13.6 Å². The average molecular weight is 270 g/mol. The number of rotatable bonds is 7. The zero-order valence-corrected chi connectivity index (χ0v) is 11.5. The van der Waals surface area contributed by atoms with E-state index in [2.05, 4.69) is 0 Å². The number of hydrogen-bond donors (Lipinski definition) is 1. The van der Waals surface area contributed by atoms with E-state index >= 15 is 0 Å². The molecule has 4 nitrogen and oxygen atoms in total. The summed E-state index contributed by atoms with van der Waals surface area (Å²) in [6.45, 7) is 3.87. The van der Waals surface area contributed by atoms with Crippen LogP contribution in [0.25, 0.3) is 6.08 Å². The summed E-state index contributed by atoms with van der Waals surface area (Å²) in [5.74, 6) is -1.25. The standard InChI is InChI=1S/C13H19O4P/c1-3-16-18(15,17-4-2)13(14)11-10-12-8-6-5-7-9-12/h5-11,13-14H,3-4H2,1-2H3/b11-10+. The van der Waals surface area contributed by atoms with Gasteiger partial charge in [-0.3, -0.25) is 4.57 Å². The molecule has 1 atom stereocenters. The summed E-state index contributed by atoms with van der Waals surface area (Å²) in [7, 11) is -3.48. The third-order valence-corrected chi connectivity index (χ3v) is 4.26. The Morgan fingerprint density at radius 1 is 1.22 bits per heavy atom. The quantitative estimate of drug-likeness (QED) is 0.772. The van der Waals surface area contributed by atoms with Crippen molar-refractivity contribution >= 4 is 13.7 Å². The highest BCUT2D eigenvalue weighted by Crippen LogP contribution is 2.52. The van der Waals surface area contributed by atoms with Crippen molar-refractivity contribution in [3.8, 4) is 0 Å². The van der Waals surface area contributed by atoms with Gasteiger partial charge in [0.05, 0.1) is 13.2 Å². The second kappa shape index (κ2) is 7.49. The molecule has 18 heavy (non-hydrogen) atoms. The lowest BCUT2D eigenvalue weighted by Crippen LogP contribution is -2.10. The second-order valence-corrected chi connectivity index (χ2v) is 5.68. The molecule has 5 heteroatoms.